The first-order valence-electron chi connectivity index (χ1n) is 9.36. The summed E-state index contributed by atoms with van der Waals surface area (Å²) in [6.07, 6.45) is 1.82. The number of hydrogen-bond donors (Lipinski definition) is 0. The van der Waals surface area contributed by atoms with E-state index >= 15 is 0 Å². The molecule has 1 aromatic rings. The lowest BCUT2D eigenvalue weighted by atomic mass is 10.1. The van der Waals surface area contributed by atoms with E-state index in [-0.39, 0.29) is 42.6 Å². The van der Waals surface area contributed by atoms with Gasteiger partial charge in [-0.05, 0) is 25.5 Å². The lowest BCUT2D eigenvalue weighted by Crippen LogP contribution is -2.38. The van der Waals surface area contributed by atoms with Crippen LogP contribution in [0, 0.1) is 11.6 Å². The number of nitrogens with zero attached hydrogens (tertiary/aromatic N) is 3. The van der Waals surface area contributed by atoms with Crippen molar-refractivity contribution < 1.29 is 23.1 Å². The van der Waals surface area contributed by atoms with E-state index in [1.165, 1.54) is 17.0 Å². The Morgan fingerprint density at radius 2 is 2.04 bits per heavy atom. The van der Waals surface area contributed by atoms with Gasteiger partial charge in [-0.1, -0.05) is 0 Å². The summed E-state index contributed by atoms with van der Waals surface area (Å²) >= 11 is 0. The summed E-state index contributed by atoms with van der Waals surface area (Å²) in [5.74, 6) is -1.62. The predicted molar refractivity (Wildman–Crippen MR) is 99.2 cm³/mol. The van der Waals surface area contributed by atoms with Crippen LogP contribution in [0.4, 0.5) is 14.5 Å². The van der Waals surface area contributed by atoms with Crippen molar-refractivity contribution >= 4 is 23.1 Å². The second-order valence-corrected chi connectivity index (χ2v) is 7.28. The second-order valence-electron chi connectivity index (χ2n) is 7.28. The molecule has 0 saturated carbocycles. The molecular formula is C20H21F2N3O3. The Morgan fingerprint density at radius 3 is 2.79 bits per heavy atom. The van der Waals surface area contributed by atoms with Crippen molar-refractivity contribution in [2.75, 3.05) is 31.2 Å². The van der Waals surface area contributed by atoms with Crippen molar-refractivity contribution in [3.05, 3.63) is 41.2 Å². The summed E-state index contributed by atoms with van der Waals surface area (Å²) in [5, 5.41) is 0. The van der Waals surface area contributed by atoms with Gasteiger partial charge in [0.15, 0.2) is 17.4 Å². The van der Waals surface area contributed by atoms with Gasteiger partial charge in [-0.3, -0.25) is 9.59 Å². The highest BCUT2D eigenvalue weighted by atomic mass is 19.2. The summed E-state index contributed by atoms with van der Waals surface area (Å²) in [7, 11) is 0. The van der Waals surface area contributed by atoms with Crippen molar-refractivity contribution in [1.82, 2.24) is 4.90 Å². The number of aliphatic imine (C=N–C) groups is 1. The number of benzene rings is 1. The quantitative estimate of drug-likeness (QED) is 0.795. The monoisotopic (exact) mass is 389 g/mol. The summed E-state index contributed by atoms with van der Waals surface area (Å²) in [6.45, 7) is 4.22. The highest BCUT2D eigenvalue weighted by molar-refractivity contribution is 6.16. The van der Waals surface area contributed by atoms with Crippen molar-refractivity contribution in [3.63, 3.8) is 0 Å². The van der Waals surface area contributed by atoms with Gasteiger partial charge in [0.1, 0.15) is 5.82 Å². The number of halogens is 2. The largest absolute Gasteiger partial charge is 0.378 e. The highest BCUT2D eigenvalue weighted by Crippen LogP contribution is 2.35. The first-order chi connectivity index (χ1) is 13.4. The molecule has 0 spiro atoms. The number of anilines is 1. The third-order valence-corrected chi connectivity index (χ3v) is 5.27. The number of hydrogen-bond acceptors (Lipinski definition) is 5. The van der Waals surface area contributed by atoms with Gasteiger partial charge >= 0.3 is 0 Å². The number of amides is 1. The van der Waals surface area contributed by atoms with Crippen LogP contribution in [-0.4, -0.2) is 54.6 Å². The molecule has 4 rings (SSSR count). The van der Waals surface area contributed by atoms with Gasteiger partial charge < -0.3 is 14.5 Å². The van der Waals surface area contributed by atoms with Gasteiger partial charge in [0, 0.05) is 42.9 Å². The van der Waals surface area contributed by atoms with E-state index in [2.05, 4.69) is 4.99 Å². The lowest BCUT2D eigenvalue weighted by molar-refractivity contribution is -0.117. The predicted octanol–water partition coefficient (Wildman–Crippen LogP) is 2.22. The first kappa shape index (κ1) is 18.7. The number of carbonyl (C=O) groups is 2. The summed E-state index contributed by atoms with van der Waals surface area (Å²) in [5.41, 5.74) is 1.10. The molecule has 6 nitrogen and oxygen atoms in total. The van der Waals surface area contributed by atoms with Crippen LogP contribution >= 0.6 is 0 Å². The fourth-order valence-electron chi connectivity index (χ4n) is 3.95. The zero-order valence-corrected chi connectivity index (χ0v) is 15.6. The van der Waals surface area contributed by atoms with Crippen LogP contribution in [0.3, 0.4) is 0 Å². The smallest absolute Gasteiger partial charge is 0.232 e. The van der Waals surface area contributed by atoms with Crippen LogP contribution in [0.25, 0.3) is 0 Å². The lowest BCUT2D eigenvalue weighted by Gasteiger charge is -2.30. The molecule has 1 aromatic carbocycles. The van der Waals surface area contributed by atoms with Gasteiger partial charge in [0.25, 0.3) is 0 Å². The normalized spacial score (nSPS) is 22.1. The van der Waals surface area contributed by atoms with E-state index in [1.54, 1.807) is 6.92 Å². The maximum Gasteiger partial charge on any atom is 0.232 e. The van der Waals surface area contributed by atoms with Crippen LogP contribution in [0.15, 0.2) is 29.0 Å². The first-order valence-corrected chi connectivity index (χ1v) is 9.36. The molecule has 1 amide bonds. The zero-order valence-electron chi connectivity index (χ0n) is 15.6. The van der Waals surface area contributed by atoms with E-state index < -0.39 is 11.6 Å². The number of ether oxygens (including phenoxy) is 1. The molecule has 0 bridgehead atoms. The third kappa shape index (κ3) is 3.44. The van der Waals surface area contributed by atoms with Crippen LogP contribution in [0.5, 0.6) is 0 Å². The molecule has 3 aliphatic rings. The minimum Gasteiger partial charge on any atom is -0.378 e. The molecule has 1 fully saturated rings. The molecule has 3 aliphatic heterocycles. The number of rotatable bonds is 3. The molecule has 1 atom stereocenters. The molecular weight excluding hydrogens is 368 g/mol. The topological polar surface area (TPSA) is 62.2 Å². The maximum absolute atomic E-state index is 14.1. The Kier molecular flexibility index (Phi) is 4.97. The summed E-state index contributed by atoms with van der Waals surface area (Å²) in [6, 6.07) is 2.18. The number of morpholine rings is 1. The number of ketones is 1. The van der Waals surface area contributed by atoms with E-state index in [1.807, 2.05) is 4.90 Å². The van der Waals surface area contributed by atoms with Crippen LogP contribution < -0.4 is 4.90 Å². The van der Waals surface area contributed by atoms with E-state index in [0.29, 0.717) is 43.5 Å². The highest BCUT2D eigenvalue weighted by Gasteiger charge is 2.34. The fraction of sp³-hybridized carbons (Fsp3) is 0.450. The summed E-state index contributed by atoms with van der Waals surface area (Å²) < 4.78 is 32.9. The Labute approximate surface area is 161 Å². The molecule has 0 radical (unpaired) electrons. The average Bonchev–Trinajstić information content (AvgIpc) is 3.02. The fourth-order valence-corrected chi connectivity index (χ4v) is 3.95. The van der Waals surface area contributed by atoms with Gasteiger partial charge in [-0.25, -0.2) is 13.8 Å². The average molecular weight is 389 g/mol. The molecule has 0 N–H and O–H groups in total. The Morgan fingerprint density at radius 1 is 1.29 bits per heavy atom. The van der Waals surface area contributed by atoms with E-state index in [0.717, 1.165) is 6.07 Å². The van der Waals surface area contributed by atoms with Crippen LogP contribution in [-0.2, 0) is 20.7 Å². The van der Waals surface area contributed by atoms with Gasteiger partial charge in [-0.15, -0.1) is 0 Å². The second kappa shape index (κ2) is 7.43. The van der Waals surface area contributed by atoms with Gasteiger partial charge in [-0.2, -0.15) is 0 Å². The summed E-state index contributed by atoms with van der Waals surface area (Å²) in [4.78, 5) is 33.1. The minimum absolute atomic E-state index is 0.0316. The molecule has 0 unspecified atom stereocenters. The van der Waals surface area contributed by atoms with Crippen molar-refractivity contribution in [3.8, 4) is 0 Å². The molecule has 0 aromatic heterocycles. The Bertz CT molecular complexity index is 891. The van der Waals surface area contributed by atoms with Crippen molar-refractivity contribution in [1.29, 1.82) is 0 Å². The molecule has 28 heavy (non-hydrogen) atoms. The van der Waals surface area contributed by atoms with Crippen molar-refractivity contribution in [2.24, 2.45) is 4.99 Å². The number of carbonyl (C=O) groups excluding carboxylic acids is 2. The number of allylic oxidation sites excluding steroid dienone is 1. The van der Waals surface area contributed by atoms with Crippen LogP contribution in [0.1, 0.15) is 25.3 Å². The molecule has 3 heterocycles. The van der Waals surface area contributed by atoms with Crippen LogP contribution in [0.2, 0.25) is 0 Å². The molecule has 1 saturated heterocycles. The third-order valence-electron chi connectivity index (χ3n) is 5.27. The van der Waals surface area contributed by atoms with Crippen molar-refractivity contribution in [2.45, 2.75) is 32.2 Å². The van der Waals surface area contributed by atoms with Gasteiger partial charge in [0.05, 0.1) is 25.3 Å². The Hall–Kier alpha value is -2.61. The SMILES string of the molecule is C[C@H]1Cc2c(ccc(F)c2F)N1C(=O)CC1=NC(N2CCOCC2)=CC(=O)C1. The van der Waals surface area contributed by atoms with Gasteiger partial charge in [0.2, 0.25) is 5.91 Å². The van der Waals surface area contributed by atoms with E-state index in [4.69, 9.17) is 4.74 Å². The molecule has 0 aliphatic carbocycles. The van der Waals surface area contributed by atoms with E-state index in [9.17, 15) is 18.4 Å². The Balaban J connectivity index is 1.54. The molecule has 8 heteroatoms. The minimum atomic E-state index is -0.914. The zero-order chi connectivity index (χ0) is 19.8. The number of fused-ring (bicyclic) bond motifs is 1. The standard InChI is InChI=1S/C20H21F2N3O3/c1-12-8-15-17(3-2-16(21)20(15)22)25(12)19(27)10-13-9-14(26)11-18(23-13)24-4-6-28-7-5-24/h2-3,11-12H,4-10H2,1H3/t12-/m0/s1. The molecule has 148 valence electrons. The maximum atomic E-state index is 14.1.